The number of nitrogens with zero attached hydrogens (tertiary/aromatic N) is 2. The zero-order valence-corrected chi connectivity index (χ0v) is 6.24. The van der Waals surface area contributed by atoms with Gasteiger partial charge in [-0.3, -0.25) is 0 Å². The van der Waals surface area contributed by atoms with Crippen molar-refractivity contribution in [3.05, 3.63) is 18.5 Å². The van der Waals surface area contributed by atoms with Gasteiger partial charge in [-0.05, 0) is 13.8 Å². The molecule has 1 heterocycles. The van der Waals surface area contributed by atoms with E-state index in [4.69, 9.17) is 4.74 Å². The molecule has 3 nitrogen and oxygen atoms in total. The summed E-state index contributed by atoms with van der Waals surface area (Å²) in [5, 5.41) is 3.97. The summed E-state index contributed by atoms with van der Waals surface area (Å²) in [6.07, 6.45) is 3.41. The van der Waals surface area contributed by atoms with Crippen LogP contribution in [-0.2, 0) is 4.74 Å². The maximum absolute atomic E-state index is 5.27. The lowest BCUT2D eigenvalue weighted by Crippen LogP contribution is -2.09. The largest absolute Gasteiger partial charge is 0.357 e. The molecule has 0 aromatic carbocycles. The fourth-order valence-corrected chi connectivity index (χ4v) is 0.759. The Bertz CT molecular complexity index is 172. The molecule has 0 saturated heterocycles. The summed E-state index contributed by atoms with van der Waals surface area (Å²) >= 11 is 0. The Morgan fingerprint density at radius 2 is 2.60 bits per heavy atom. The normalized spacial score (nSPS) is 13.4. The van der Waals surface area contributed by atoms with Crippen LogP contribution >= 0.6 is 0 Å². The van der Waals surface area contributed by atoms with Crippen LogP contribution in [0.2, 0.25) is 0 Å². The predicted molar refractivity (Wildman–Crippen MR) is 37.4 cm³/mol. The Hall–Kier alpha value is -0.830. The van der Waals surface area contributed by atoms with Gasteiger partial charge in [0.25, 0.3) is 0 Å². The highest BCUT2D eigenvalue weighted by Crippen LogP contribution is 2.03. The zero-order chi connectivity index (χ0) is 7.40. The number of ether oxygens (including phenoxy) is 1. The summed E-state index contributed by atoms with van der Waals surface area (Å²) in [5.41, 5.74) is 0. The van der Waals surface area contributed by atoms with Crippen molar-refractivity contribution >= 4 is 0 Å². The van der Waals surface area contributed by atoms with Gasteiger partial charge in [-0.2, -0.15) is 5.10 Å². The lowest BCUT2D eigenvalue weighted by atomic mass is 10.6. The maximum atomic E-state index is 5.27. The Morgan fingerprint density at radius 1 is 1.80 bits per heavy atom. The van der Waals surface area contributed by atoms with Crippen LogP contribution in [0.25, 0.3) is 0 Å². The van der Waals surface area contributed by atoms with Gasteiger partial charge in [0.1, 0.15) is 6.23 Å². The van der Waals surface area contributed by atoms with E-state index in [-0.39, 0.29) is 6.23 Å². The lowest BCUT2D eigenvalue weighted by molar-refractivity contribution is 0.0159. The van der Waals surface area contributed by atoms with E-state index in [9.17, 15) is 0 Å². The average molecular weight is 139 g/mol. The van der Waals surface area contributed by atoms with Gasteiger partial charge in [0.2, 0.25) is 0 Å². The van der Waals surface area contributed by atoms with Gasteiger partial charge in [-0.15, -0.1) is 0 Å². The van der Waals surface area contributed by atoms with E-state index in [1.807, 2.05) is 13.8 Å². The first kappa shape index (κ1) is 7.28. The minimum atomic E-state index is 0.0243. The molecule has 0 saturated carbocycles. The van der Waals surface area contributed by atoms with E-state index in [0.717, 1.165) is 0 Å². The Kier molecular flexibility index (Phi) is 2.45. The molecule has 1 rings (SSSR count). The van der Waals surface area contributed by atoms with Crippen LogP contribution in [0, 0.1) is 6.07 Å². The minimum absolute atomic E-state index is 0.0243. The summed E-state index contributed by atoms with van der Waals surface area (Å²) in [6.45, 7) is 4.62. The number of hydrogen-bond acceptors (Lipinski definition) is 2. The standard InChI is InChI=1S/C7H11N2O/c1-3-10-7(2)9-6-4-5-8-9/h5-7H,3H2,1-2H3. The van der Waals surface area contributed by atoms with Gasteiger partial charge in [0.15, 0.2) is 0 Å². The zero-order valence-electron chi connectivity index (χ0n) is 6.24. The highest BCUT2D eigenvalue weighted by atomic mass is 16.5. The first-order valence-electron chi connectivity index (χ1n) is 3.36. The SMILES string of the molecule is CCOC(C)n1c[c]cn1. The van der Waals surface area contributed by atoms with Crippen LogP contribution in [0.3, 0.4) is 0 Å². The molecule has 1 unspecified atom stereocenters. The van der Waals surface area contributed by atoms with Crippen LogP contribution in [0.1, 0.15) is 20.1 Å². The van der Waals surface area contributed by atoms with Crippen molar-refractivity contribution in [2.24, 2.45) is 0 Å². The molecule has 0 amide bonds. The molecule has 0 aliphatic heterocycles. The number of hydrogen-bond donors (Lipinski definition) is 0. The summed E-state index contributed by atoms with van der Waals surface area (Å²) in [5.74, 6) is 0. The third kappa shape index (κ3) is 1.57. The fraction of sp³-hybridized carbons (Fsp3) is 0.571. The Morgan fingerprint density at radius 3 is 3.10 bits per heavy atom. The van der Waals surface area contributed by atoms with Crippen LogP contribution < -0.4 is 0 Å². The van der Waals surface area contributed by atoms with E-state index >= 15 is 0 Å². The van der Waals surface area contributed by atoms with E-state index in [0.29, 0.717) is 6.61 Å². The van der Waals surface area contributed by atoms with E-state index in [1.165, 1.54) is 0 Å². The van der Waals surface area contributed by atoms with Crippen molar-refractivity contribution in [3.8, 4) is 0 Å². The lowest BCUT2D eigenvalue weighted by Gasteiger charge is -2.10. The summed E-state index contributed by atoms with van der Waals surface area (Å²) in [6, 6.07) is 2.84. The van der Waals surface area contributed by atoms with Crippen LogP contribution in [-0.4, -0.2) is 16.4 Å². The van der Waals surface area contributed by atoms with E-state index < -0.39 is 0 Å². The molecule has 0 fully saturated rings. The summed E-state index contributed by atoms with van der Waals surface area (Å²) in [4.78, 5) is 0. The van der Waals surface area contributed by atoms with E-state index in [1.54, 1.807) is 17.1 Å². The topological polar surface area (TPSA) is 27.1 Å². The number of rotatable bonds is 3. The van der Waals surface area contributed by atoms with Gasteiger partial charge in [0, 0.05) is 18.9 Å². The summed E-state index contributed by atoms with van der Waals surface area (Å²) in [7, 11) is 0. The molecule has 0 N–H and O–H groups in total. The minimum Gasteiger partial charge on any atom is -0.357 e. The molecule has 10 heavy (non-hydrogen) atoms. The Labute approximate surface area is 60.6 Å². The van der Waals surface area contributed by atoms with Crippen molar-refractivity contribution < 1.29 is 4.74 Å². The summed E-state index contributed by atoms with van der Waals surface area (Å²) < 4.78 is 6.99. The van der Waals surface area contributed by atoms with Crippen molar-refractivity contribution in [2.75, 3.05) is 6.61 Å². The van der Waals surface area contributed by atoms with Crippen LogP contribution in [0.4, 0.5) is 0 Å². The van der Waals surface area contributed by atoms with Crippen LogP contribution in [0.15, 0.2) is 12.4 Å². The quantitative estimate of drug-likeness (QED) is 0.630. The fourth-order valence-electron chi connectivity index (χ4n) is 0.759. The van der Waals surface area contributed by atoms with Gasteiger partial charge >= 0.3 is 0 Å². The third-order valence-corrected chi connectivity index (χ3v) is 1.25. The van der Waals surface area contributed by atoms with Crippen molar-refractivity contribution in [2.45, 2.75) is 20.1 Å². The van der Waals surface area contributed by atoms with Crippen molar-refractivity contribution in [1.82, 2.24) is 9.78 Å². The van der Waals surface area contributed by atoms with E-state index in [2.05, 4.69) is 11.2 Å². The second-order valence-electron chi connectivity index (χ2n) is 1.97. The molecule has 55 valence electrons. The highest BCUT2D eigenvalue weighted by Gasteiger charge is 2.00. The molecular weight excluding hydrogens is 128 g/mol. The highest BCUT2D eigenvalue weighted by molar-refractivity contribution is 4.75. The van der Waals surface area contributed by atoms with Gasteiger partial charge in [-0.1, -0.05) is 0 Å². The first-order valence-corrected chi connectivity index (χ1v) is 3.36. The smallest absolute Gasteiger partial charge is 0.147 e. The van der Waals surface area contributed by atoms with Crippen molar-refractivity contribution in [1.29, 1.82) is 0 Å². The molecule has 1 radical (unpaired) electrons. The molecule has 0 aliphatic carbocycles. The maximum Gasteiger partial charge on any atom is 0.147 e. The van der Waals surface area contributed by atoms with Crippen LogP contribution in [0.5, 0.6) is 0 Å². The molecule has 0 spiro atoms. The van der Waals surface area contributed by atoms with Crippen molar-refractivity contribution in [3.63, 3.8) is 0 Å². The molecule has 3 heteroatoms. The molecular formula is C7H11N2O. The van der Waals surface area contributed by atoms with Gasteiger partial charge < -0.3 is 4.74 Å². The molecule has 1 aromatic rings. The molecule has 1 atom stereocenters. The van der Waals surface area contributed by atoms with Gasteiger partial charge in [0.05, 0.1) is 6.20 Å². The monoisotopic (exact) mass is 139 g/mol. The predicted octanol–water partition coefficient (Wildman–Crippen LogP) is 1.24. The second kappa shape index (κ2) is 3.37. The Balaban J connectivity index is 2.50. The third-order valence-electron chi connectivity index (χ3n) is 1.25. The second-order valence-corrected chi connectivity index (χ2v) is 1.97. The molecule has 0 aliphatic rings. The average Bonchev–Trinajstić information content (AvgIpc) is 2.38. The molecule has 0 bridgehead atoms. The number of aromatic nitrogens is 2. The van der Waals surface area contributed by atoms with Gasteiger partial charge in [-0.25, -0.2) is 4.68 Å². The molecule has 1 aromatic heterocycles. The first-order chi connectivity index (χ1) is 4.84.